The molecule has 238 valence electrons. The van der Waals surface area contributed by atoms with Crippen molar-refractivity contribution in [1.29, 1.82) is 0 Å². The molecule has 7 aromatic rings. The van der Waals surface area contributed by atoms with Crippen molar-refractivity contribution in [2.24, 2.45) is 5.92 Å². The molecule has 0 fully saturated rings. The average Bonchev–Trinajstić information content (AvgIpc) is 3.67. The van der Waals surface area contributed by atoms with Crippen LogP contribution in [0.1, 0.15) is 49.9 Å². The minimum atomic E-state index is 0. The average molecular weight is 798 g/mol. The molecule has 0 saturated carbocycles. The smallest absolute Gasteiger partial charge is 0.509 e. The zero-order valence-corrected chi connectivity index (χ0v) is 29.7. The maximum atomic E-state index is 6.40. The van der Waals surface area contributed by atoms with E-state index in [-0.39, 0.29) is 21.1 Å². The molecule has 4 aromatic carbocycles. The Morgan fingerprint density at radius 3 is 2.36 bits per heavy atom. The number of ether oxygens (including phenoxy) is 1. The van der Waals surface area contributed by atoms with Gasteiger partial charge < -0.3 is 9.30 Å². The largest absolute Gasteiger partial charge is 2.00 e. The van der Waals surface area contributed by atoms with E-state index in [1.807, 2.05) is 41.3 Å². The van der Waals surface area contributed by atoms with Gasteiger partial charge in [-0.2, -0.15) is 17.2 Å². The molecule has 0 spiro atoms. The maximum absolute atomic E-state index is 6.40. The molecule has 0 unspecified atom stereocenters. The second-order valence-electron chi connectivity index (χ2n) is 12.4. The molecule has 0 radical (unpaired) electrons. The second-order valence-corrected chi connectivity index (χ2v) is 12.4. The van der Waals surface area contributed by atoms with Crippen LogP contribution >= 0.6 is 0 Å². The molecule has 0 atom stereocenters. The molecule has 0 aliphatic carbocycles. The number of pyridine rings is 1. The summed E-state index contributed by atoms with van der Waals surface area (Å²) in [4.78, 5) is 4.78. The third-order valence-electron chi connectivity index (χ3n) is 8.54. The van der Waals surface area contributed by atoms with Gasteiger partial charge in [-0.1, -0.05) is 69.1 Å². The molecule has 3 aromatic heterocycles. The number of hydrogen-bond donors (Lipinski definition) is 0. The molecule has 0 aliphatic rings. The van der Waals surface area contributed by atoms with Crippen LogP contribution in [0, 0.1) is 25.0 Å². The van der Waals surface area contributed by atoms with Crippen molar-refractivity contribution in [3.63, 3.8) is 0 Å². The van der Waals surface area contributed by atoms with E-state index in [4.69, 9.17) is 14.8 Å². The fraction of sp³-hybridized carbons (Fsp3) is 0.220. The van der Waals surface area contributed by atoms with Gasteiger partial charge >= 0.3 is 21.1 Å². The molecular formula is C41H38N4OPt. The number of fused-ring (bicyclic) bond motifs is 3. The first-order chi connectivity index (χ1) is 22.4. The van der Waals surface area contributed by atoms with Crippen molar-refractivity contribution >= 4 is 21.8 Å². The van der Waals surface area contributed by atoms with Crippen molar-refractivity contribution in [2.45, 2.75) is 53.9 Å². The van der Waals surface area contributed by atoms with Crippen LogP contribution in [0.3, 0.4) is 0 Å². The van der Waals surface area contributed by atoms with Crippen LogP contribution in [-0.2, 0) is 40.3 Å². The molecule has 7 rings (SSSR count). The number of para-hydroxylation sites is 1. The number of benzene rings is 4. The normalized spacial score (nSPS) is 11.4. The van der Waals surface area contributed by atoms with Gasteiger partial charge in [0.05, 0.1) is 6.20 Å². The first kappa shape index (κ1) is 32.5. The van der Waals surface area contributed by atoms with Gasteiger partial charge in [0.1, 0.15) is 5.82 Å². The van der Waals surface area contributed by atoms with E-state index in [0.29, 0.717) is 17.4 Å². The zero-order valence-electron chi connectivity index (χ0n) is 27.4. The van der Waals surface area contributed by atoms with Gasteiger partial charge in [0.15, 0.2) is 0 Å². The summed E-state index contributed by atoms with van der Waals surface area (Å²) in [6, 6.07) is 34.3. The number of rotatable bonds is 9. The Kier molecular flexibility index (Phi) is 9.47. The van der Waals surface area contributed by atoms with Crippen molar-refractivity contribution < 1.29 is 25.8 Å². The standard InChI is InChI=1S/C41H38N4O.Pt/c1-6-30-20-28(5)21-31(7-2)41(30)32-25-43-44(26-32)33-11-10-12-34(23-33)46-35-15-16-37-36-13-8-9-14-38(36)45(39(37)24-35)40-22-29(17-18-42-40)19-27(3)4;/h8-18,20-22,25-27H,6-7,19H2,1-5H3;/q-2;+2. The van der Waals surface area contributed by atoms with Gasteiger partial charge in [-0.15, -0.1) is 35.7 Å². The van der Waals surface area contributed by atoms with E-state index in [9.17, 15) is 0 Å². The predicted octanol–water partition coefficient (Wildman–Crippen LogP) is 10.1. The number of aromatic nitrogens is 4. The maximum Gasteiger partial charge on any atom is 2.00 e. The van der Waals surface area contributed by atoms with Crippen LogP contribution < -0.4 is 4.74 Å². The first-order valence-corrected chi connectivity index (χ1v) is 16.2. The zero-order chi connectivity index (χ0) is 31.8. The van der Waals surface area contributed by atoms with Crippen molar-refractivity contribution in [1.82, 2.24) is 19.3 Å². The third kappa shape index (κ3) is 6.42. The molecule has 0 saturated heterocycles. The number of aryl methyl sites for hydroxylation is 3. The van der Waals surface area contributed by atoms with Crippen LogP contribution in [0.5, 0.6) is 11.5 Å². The van der Waals surface area contributed by atoms with Crippen LogP contribution in [0.2, 0.25) is 0 Å². The van der Waals surface area contributed by atoms with E-state index >= 15 is 0 Å². The van der Waals surface area contributed by atoms with E-state index in [1.54, 1.807) is 0 Å². The minimum absolute atomic E-state index is 0. The van der Waals surface area contributed by atoms with E-state index < -0.39 is 0 Å². The fourth-order valence-corrected chi connectivity index (χ4v) is 6.55. The topological polar surface area (TPSA) is 44.9 Å². The SMILES string of the molecule is CCc1cc(C)cc(CC)c1-c1cnn(-c2[c-]c(Oc3[c-]c4c(cc3)c3ccccc3n4-c3cc(CC(C)C)ccn3)ccc2)c1.[Pt+2]. The molecule has 0 aliphatic heterocycles. The third-order valence-corrected chi connectivity index (χ3v) is 8.54. The molecule has 5 nitrogen and oxygen atoms in total. The Balaban J connectivity index is 0.00000386. The summed E-state index contributed by atoms with van der Waals surface area (Å²) in [5, 5.41) is 7.00. The number of nitrogens with zero attached hydrogens (tertiary/aromatic N) is 4. The molecule has 0 bridgehead atoms. The van der Waals surface area contributed by atoms with Crippen LogP contribution in [0.4, 0.5) is 0 Å². The Labute approximate surface area is 291 Å². The van der Waals surface area contributed by atoms with Crippen molar-refractivity contribution in [3.05, 3.63) is 132 Å². The monoisotopic (exact) mass is 797 g/mol. The van der Waals surface area contributed by atoms with Crippen LogP contribution in [0.25, 0.3) is 44.4 Å². The van der Waals surface area contributed by atoms with Crippen LogP contribution in [0.15, 0.2) is 97.5 Å². The van der Waals surface area contributed by atoms with E-state index in [2.05, 4.69) is 112 Å². The minimum Gasteiger partial charge on any atom is -0.509 e. The summed E-state index contributed by atoms with van der Waals surface area (Å²) >= 11 is 0. The molecule has 6 heteroatoms. The molecular weight excluding hydrogens is 760 g/mol. The quantitative estimate of drug-likeness (QED) is 0.137. The summed E-state index contributed by atoms with van der Waals surface area (Å²) in [7, 11) is 0. The predicted molar refractivity (Wildman–Crippen MR) is 187 cm³/mol. The summed E-state index contributed by atoms with van der Waals surface area (Å²) in [5.41, 5.74) is 10.5. The Hall–Kier alpha value is -4.47. The van der Waals surface area contributed by atoms with Crippen LogP contribution in [-0.4, -0.2) is 19.3 Å². The fourth-order valence-electron chi connectivity index (χ4n) is 6.55. The molecule has 0 amide bonds. The Bertz CT molecular complexity index is 2170. The summed E-state index contributed by atoms with van der Waals surface area (Å²) in [5.74, 6) is 2.66. The molecule has 47 heavy (non-hydrogen) atoms. The first-order valence-electron chi connectivity index (χ1n) is 16.2. The van der Waals surface area contributed by atoms with Gasteiger partial charge in [-0.3, -0.25) is 4.68 Å². The Morgan fingerprint density at radius 2 is 1.60 bits per heavy atom. The summed E-state index contributed by atoms with van der Waals surface area (Å²) in [6.45, 7) is 11.1. The Morgan fingerprint density at radius 1 is 0.830 bits per heavy atom. The van der Waals surface area contributed by atoms with E-state index in [0.717, 1.165) is 58.1 Å². The van der Waals surface area contributed by atoms with Crippen molar-refractivity contribution in [2.75, 3.05) is 0 Å². The summed E-state index contributed by atoms with van der Waals surface area (Å²) in [6.07, 6.45) is 8.90. The second kappa shape index (κ2) is 13.7. The van der Waals surface area contributed by atoms with E-state index in [1.165, 1.54) is 27.8 Å². The van der Waals surface area contributed by atoms with Crippen molar-refractivity contribution in [3.8, 4) is 34.1 Å². The molecule has 3 heterocycles. The van der Waals surface area contributed by atoms with Gasteiger partial charge in [0.2, 0.25) is 0 Å². The van der Waals surface area contributed by atoms with Gasteiger partial charge in [0.25, 0.3) is 0 Å². The van der Waals surface area contributed by atoms with Gasteiger partial charge in [-0.25, -0.2) is 4.98 Å². The summed E-state index contributed by atoms with van der Waals surface area (Å²) < 4.78 is 10.5. The number of hydrogen-bond acceptors (Lipinski definition) is 3. The van der Waals surface area contributed by atoms with Gasteiger partial charge in [-0.05, 0) is 83.6 Å². The molecule has 0 N–H and O–H groups in total. The van der Waals surface area contributed by atoms with Gasteiger partial charge in [0, 0.05) is 35.0 Å².